The molecule has 1 unspecified atom stereocenters. The van der Waals surface area contributed by atoms with Crippen molar-refractivity contribution in [1.82, 2.24) is 0 Å². The van der Waals surface area contributed by atoms with E-state index in [1.165, 1.54) is 7.11 Å². The SMILES string of the molecule is COCO.O=C(c1ccccc1)C(O)c1ccccc1. The molecule has 0 bridgehead atoms. The van der Waals surface area contributed by atoms with Crippen molar-refractivity contribution >= 4 is 5.78 Å². The van der Waals surface area contributed by atoms with Crippen LogP contribution in [0.5, 0.6) is 0 Å². The molecule has 2 N–H and O–H groups in total. The molecule has 0 aliphatic carbocycles. The van der Waals surface area contributed by atoms with E-state index in [4.69, 9.17) is 5.11 Å². The Morgan fingerprint density at radius 1 is 1.05 bits per heavy atom. The lowest BCUT2D eigenvalue weighted by atomic mass is 10.0. The molecule has 0 spiro atoms. The van der Waals surface area contributed by atoms with Crippen molar-refractivity contribution in [3.63, 3.8) is 0 Å². The van der Waals surface area contributed by atoms with E-state index < -0.39 is 6.10 Å². The molecule has 4 nitrogen and oxygen atoms in total. The summed E-state index contributed by atoms with van der Waals surface area (Å²) in [5, 5.41) is 17.5. The molecule has 20 heavy (non-hydrogen) atoms. The number of ketones is 1. The summed E-state index contributed by atoms with van der Waals surface area (Å²) in [4.78, 5) is 11.9. The van der Waals surface area contributed by atoms with Crippen LogP contribution in [0.3, 0.4) is 0 Å². The molecule has 1 atom stereocenters. The lowest BCUT2D eigenvalue weighted by Gasteiger charge is -2.09. The van der Waals surface area contributed by atoms with Gasteiger partial charge in [-0.2, -0.15) is 0 Å². The van der Waals surface area contributed by atoms with Gasteiger partial charge in [0.2, 0.25) is 0 Å². The van der Waals surface area contributed by atoms with Gasteiger partial charge in [0.05, 0.1) is 0 Å². The number of Topliss-reactive ketones (excluding diaryl/α,β-unsaturated/α-hetero) is 1. The van der Waals surface area contributed by atoms with Crippen LogP contribution in [0.2, 0.25) is 0 Å². The van der Waals surface area contributed by atoms with Gasteiger partial charge < -0.3 is 14.9 Å². The van der Waals surface area contributed by atoms with Crippen LogP contribution >= 0.6 is 0 Å². The molecule has 0 radical (unpaired) electrons. The first-order chi connectivity index (χ1) is 9.70. The molecule has 0 saturated heterocycles. The van der Waals surface area contributed by atoms with Crippen molar-refractivity contribution < 1.29 is 19.7 Å². The molecular formula is C16H18O4. The zero-order chi connectivity index (χ0) is 14.8. The summed E-state index contributed by atoms with van der Waals surface area (Å²) >= 11 is 0. The fourth-order valence-corrected chi connectivity index (χ4v) is 1.55. The summed E-state index contributed by atoms with van der Waals surface area (Å²) < 4.78 is 4.10. The number of carbonyl (C=O) groups excluding carboxylic acids is 1. The largest absolute Gasteiger partial charge is 0.380 e. The summed E-state index contributed by atoms with van der Waals surface area (Å²) in [5.41, 5.74) is 1.15. The fraction of sp³-hybridized carbons (Fsp3) is 0.188. The molecule has 0 saturated carbocycles. The number of rotatable bonds is 4. The van der Waals surface area contributed by atoms with Crippen molar-refractivity contribution in [1.29, 1.82) is 0 Å². The second kappa shape index (κ2) is 8.98. The Morgan fingerprint density at radius 3 is 1.95 bits per heavy atom. The van der Waals surface area contributed by atoms with Crippen molar-refractivity contribution in [2.24, 2.45) is 0 Å². The molecule has 0 aromatic heterocycles. The first-order valence-corrected chi connectivity index (χ1v) is 6.12. The second-order valence-electron chi connectivity index (χ2n) is 3.96. The summed E-state index contributed by atoms with van der Waals surface area (Å²) in [6, 6.07) is 17.7. The number of aliphatic hydroxyl groups is 2. The third-order valence-electron chi connectivity index (χ3n) is 2.55. The van der Waals surface area contributed by atoms with Crippen LogP contribution in [-0.2, 0) is 4.74 Å². The number of aliphatic hydroxyl groups excluding tert-OH is 2. The molecule has 4 heteroatoms. The minimum atomic E-state index is -1.08. The molecule has 0 heterocycles. The van der Waals surface area contributed by atoms with E-state index in [1.54, 1.807) is 48.5 Å². The van der Waals surface area contributed by atoms with E-state index in [9.17, 15) is 9.90 Å². The van der Waals surface area contributed by atoms with E-state index in [-0.39, 0.29) is 12.6 Å². The van der Waals surface area contributed by atoms with Crippen LogP contribution in [0, 0.1) is 0 Å². The molecule has 0 aliphatic rings. The van der Waals surface area contributed by atoms with Gasteiger partial charge in [-0.15, -0.1) is 0 Å². The predicted molar refractivity (Wildman–Crippen MR) is 76.3 cm³/mol. The van der Waals surface area contributed by atoms with Crippen molar-refractivity contribution in [3.8, 4) is 0 Å². The van der Waals surface area contributed by atoms with E-state index in [0.29, 0.717) is 11.1 Å². The highest BCUT2D eigenvalue weighted by atomic mass is 16.6. The summed E-state index contributed by atoms with van der Waals surface area (Å²) in [6.45, 7) is -0.181. The second-order valence-corrected chi connectivity index (χ2v) is 3.96. The minimum absolute atomic E-state index is 0.181. The highest BCUT2D eigenvalue weighted by molar-refractivity contribution is 5.99. The van der Waals surface area contributed by atoms with Crippen LogP contribution in [0.1, 0.15) is 22.0 Å². The Bertz CT molecular complexity index is 494. The van der Waals surface area contributed by atoms with Crippen LogP contribution in [-0.4, -0.2) is 29.9 Å². The quantitative estimate of drug-likeness (QED) is 0.662. The first-order valence-electron chi connectivity index (χ1n) is 6.12. The van der Waals surface area contributed by atoms with Crippen LogP contribution in [0.4, 0.5) is 0 Å². The number of benzene rings is 2. The zero-order valence-electron chi connectivity index (χ0n) is 11.3. The molecule has 2 aromatic carbocycles. The maximum atomic E-state index is 11.9. The highest BCUT2D eigenvalue weighted by Gasteiger charge is 2.18. The van der Waals surface area contributed by atoms with E-state index in [1.807, 2.05) is 12.1 Å². The molecular weight excluding hydrogens is 256 g/mol. The Kier molecular flexibility index (Phi) is 7.21. The van der Waals surface area contributed by atoms with Gasteiger partial charge >= 0.3 is 0 Å². The normalized spacial score (nSPS) is 11.2. The Balaban J connectivity index is 0.000000444. The van der Waals surface area contributed by atoms with E-state index >= 15 is 0 Å². The smallest absolute Gasteiger partial charge is 0.195 e. The summed E-state index contributed by atoms with van der Waals surface area (Å²) in [7, 11) is 1.43. The number of hydrogen-bond donors (Lipinski definition) is 2. The molecule has 2 aromatic rings. The number of hydrogen-bond acceptors (Lipinski definition) is 4. The van der Waals surface area contributed by atoms with E-state index in [0.717, 1.165) is 0 Å². The van der Waals surface area contributed by atoms with Crippen molar-refractivity contribution in [3.05, 3.63) is 71.8 Å². The van der Waals surface area contributed by atoms with Crippen molar-refractivity contribution in [2.45, 2.75) is 6.10 Å². The lowest BCUT2D eigenvalue weighted by molar-refractivity contribution is 0.0325. The summed E-state index contributed by atoms with van der Waals surface area (Å²) in [6.07, 6.45) is -1.08. The van der Waals surface area contributed by atoms with Gasteiger partial charge in [0, 0.05) is 12.7 Å². The van der Waals surface area contributed by atoms with Gasteiger partial charge in [-0.25, -0.2) is 0 Å². The van der Waals surface area contributed by atoms with Gasteiger partial charge in [-0.05, 0) is 5.56 Å². The Labute approximate surface area is 118 Å². The molecule has 0 aliphatic heterocycles. The Morgan fingerprint density at radius 2 is 1.50 bits per heavy atom. The number of methoxy groups -OCH3 is 1. The fourth-order valence-electron chi connectivity index (χ4n) is 1.55. The maximum Gasteiger partial charge on any atom is 0.195 e. The third kappa shape index (κ3) is 4.93. The number of ether oxygens (including phenoxy) is 1. The average molecular weight is 274 g/mol. The molecule has 2 rings (SSSR count). The molecule has 106 valence electrons. The van der Waals surface area contributed by atoms with Gasteiger partial charge in [0.15, 0.2) is 5.78 Å². The minimum Gasteiger partial charge on any atom is -0.380 e. The topological polar surface area (TPSA) is 66.8 Å². The number of carbonyl (C=O) groups is 1. The van der Waals surface area contributed by atoms with Gasteiger partial charge in [0.25, 0.3) is 0 Å². The van der Waals surface area contributed by atoms with Crippen LogP contribution in [0.15, 0.2) is 60.7 Å². The average Bonchev–Trinajstić information content (AvgIpc) is 2.55. The van der Waals surface area contributed by atoms with Gasteiger partial charge in [-0.3, -0.25) is 4.79 Å². The van der Waals surface area contributed by atoms with E-state index in [2.05, 4.69) is 4.74 Å². The predicted octanol–water partition coefficient (Wildman–Crippen LogP) is 2.19. The maximum absolute atomic E-state index is 11.9. The third-order valence-corrected chi connectivity index (χ3v) is 2.55. The first kappa shape index (κ1) is 16.0. The van der Waals surface area contributed by atoms with Crippen molar-refractivity contribution in [2.75, 3.05) is 13.9 Å². The standard InChI is InChI=1S/C14H12O2.C2H6O2/c15-13(11-7-3-1-4-8-11)14(16)12-9-5-2-6-10-12;1-4-2-3/h1-10,13,15H;3H,2H2,1H3. The summed E-state index contributed by atoms with van der Waals surface area (Å²) in [5.74, 6) is -0.271. The van der Waals surface area contributed by atoms with Gasteiger partial charge in [0.1, 0.15) is 12.9 Å². The van der Waals surface area contributed by atoms with Crippen LogP contribution < -0.4 is 0 Å². The highest BCUT2D eigenvalue weighted by Crippen LogP contribution is 2.17. The zero-order valence-corrected chi connectivity index (χ0v) is 11.3. The molecule has 0 fully saturated rings. The monoisotopic (exact) mass is 274 g/mol. The Hall–Kier alpha value is -2.01. The van der Waals surface area contributed by atoms with Gasteiger partial charge in [-0.1, -0.05) is 60.7 Å². The molecule has 0 amide bonds. The lowest BCUT2D eigenvalue weighted by Crippen LogP contribution is -2.11. The van der Waals surface area contributed by atoms with Crippen LogP contribution in [0.25, 0.3) is 0 Å².